The summed E-state index contributed by atoms with van der Waals surface area (Å²) in [7, 11) is -0.617. The van der Waals surface area contributed by atoms with Gasteiger partial charge in [0.2, 0.25) is 0 Å². The van der Waals surface area contributed by atoms with Gasteiger partial charge in [0.25, 0.3) is 0 Å². The number of thiophene rings is 1. The Morgan fingerprint density at radius 3 is 3.08 bits per heavy atom. The van der Waals surface area contributed by atoms with Crippen LogP contribution in [0.15, 0.2) is 12.1 Å². The van der Waals surface area contributed by atoms with Crippen LogP contribution in [0.2, 0.25) is 0 Å². The van der Waals surface area contributed by atoms with Gasteiger partial charge < -0.3 is 5.32 Å². The highest BCUT2D eigenvalue weighted by Crippen LogP contribution is 2.24. The quantitative estimate of drug-likeness (QED) is 0.768. The van der Waals surface area contributed by atoms with Crippen LogP contribution in [0.3, 0.4) is 0 Å². The highest BCUT2D eigenvalue weighted by molar-refractivity contribution is 7.85. The van der Waals surface area contributed by atoms with Crippen molar-refractivity contribution in [2.75, 3.05) is 18.1 Å². The fourth-order valence-corrected chi connectivity index (χ4v) is 3.74. The van der Waals surface area contributed by atoms with Gasteiger partial charge in [0, 0.05) is 38.6 Å². The summed E-state index contributed by atoms with van der Waals surface area (Å²) in [5, 5.41) is 3.40. The van der Waals surface area contributed by atoms with Gasteiger partial charge in [-0.15, -0.1) is 11.3 Å². The minimum Gasteiger partial charge on any atom is -0.308 e. The normalized spacial score (nSPS) is 29.0. The summed E-state index contributed by atoms with van der Waals surface area (Å²) in [4.78, 5) is 2.65. The van der Waals surface area contributed by atoms with Gasteiger partial charge in [0.15, 0.2) is 0 Å². The molecule has 4 heteroatoms. The second-order valence-electron chi connectivity index (χ2n) is 3.27. The van der Waals surface area contributed by atoms with E-state index in [4.69, 9.17) is 0 Å². The molecule has 2 rings (SSSR count). The first-order valence-electron chi connectivity index (χ1n) is 4.40. The maximum absolute atomic E-state index is 11.3. The number of aryl methyl sites for hydroxylation is 1. The summed E-state index contributed by atoms with van der Waals surface area (Å²) in [6.45, 7) is 2.99. The lowest BCUT2D eigenvalue weighted by molar-refractivity contribution is 0.579. The SMILES string of the molecule is Cc1ccc(C2CS(=O)CCN2)s1. The first kappa shape index (κ1) is 9.37. The molecule has 0 bridgehead atoms. The van der Waals surface area contributed by atoms with Crippen molar-refractivity contribution in [3.8, 4) is 0 Å². The summed E-state index contributed by atoms with van der Waals surface area (Å²) in [5.74, 6) is 1.58. The number of rotatable bonds is 1. The van der Waals surface area contributed by atoms with Crippen molar-refractivity contribution in [3.63, 3.8) is 0 Å². The molecule has 1 fully saturated rings. The molecule has 1 saturated heterocycles. The van der Waals surface area contributed by atoms with Gasteiger partial charge in [-0.25, -0.2) is 0 Å². The molecule has 0 aliphatic carbocycles. The second-order valence-corrected chi connectivity index (χ2v) is 6.21. The highest BCUT2D eigenvalue weighted by Gasteiger charge is 2.20. The van der Waals surface area contributed by atoms with Crippen molar-refractivity contribution in [2.24, 2.45) is 0 Å². The van der Waals surface area contributed by atoms with Crippen LogP contribution in [0, 0.1) is 6.92 Å². The highest BCUT2D eigenvalue weighted by atomic mass is 32.2. The third-order valence-electron chi connectivity index (χ3n) is 2.18. The third kappa shape index (κ3) is 2.18. The number of nitrogens with one attached hydrogen (secondary N) is 1. The minimum atomic E-state index is -0.617. The van der Waals surface area contributed by atoms with Gasteiger partial charge in [-0.1, -0.05) is 0 Å². The summed E-state index contributed by atoms with van der Waals surface area (Å²) >= 11 is 1.80. The fourth-order valence-electron chi connectivity index (χ4n) is 1.50. The van der Waals surface area contributed by atoms with E-state index < -0.39 is 10.8 Å². The summed E-state index contributed by atoms with van der Waals surface area (Å²) in [6, 6.07) is 4.59. The minimum absolute atomic E-state index is 0.327. The van der Waals surface area contributed by atoms with Crippen LogP contribution in [0.1, 0.15) is 15.8 Å². The smallest absolute Gasteiger partial charge is 0.0532 e. The Morgan fingerprint density at radius 1 is 1.62 bits per heavy atom. The van der Waals surface area contributed by atoms with E-state index >= 15 is 0 Å². The molecular formula is C9H13NOS2. The Morgan fingerprint density at radius 2 is 2.46 bits per heavy atom. The van der Waals surface area contributed by atoms with Crippen LogP contribution < -0.4 is 5.32 Å². The van der Waals surface area contributed by atoms with Crippen LogP contribution >= 0.6 is 11.3 Å². The van der Waals surface area contributed by atoms with E-state index in [2.05, 4.69) is 24.4 Å². The molecule has 2 nitrogen and oxygen atoms in total. The van der Waals surface area contributed by atoms with Crippen LogP contribution in [-0.2, 0) is 10.8 Å². The van der Waals surface area contributed by atoms with Crippen LogP contribution in [0.25, 0.3) is 0 Å². The molecule has 1 aliphatic heterocycles. The fraction of sp³-hybridized carbons (Fsp3) is 0.556. The van der Waals surface area contributed by atoms with Crippen LogP contribution in [0.5, 0.6) is 0 Å². The Bertz CT molecular complexity index is 321. The van der Waals surface area contributed by atoms with Gasteiger partial charge in [0.1, 0.15) is 0 Å². The van der Waals surface area contributed by atoms with Crippen molar-refractivity contribution in [1.82, 2.24) is 5.32 Å². The molecule has 1 aliphatic rings. The van der Waals surface area contributed by atoms with Crippen molar-refractivity contribution in [3.05, 3.63) is 21.9 Å². The topological polar surface area (TPSA) is 29.1 Å². The van der Waals surface area contributed by atoms with Gasteiger partial charge in [-0.2, -0.15) is 0 Å². The second kappa shape index (κ2) is 3.90. The van der Waals surface area contributed by atoms with Gasteiger partial charge in [-0.05, 0) is 19.1 Å². The van der Waals surface area contributed by atoms with Crippen molar-refractivity contribution >= 4 is 22.1 Å². The summed E-state index contributed by atoms with van der Waals surface area (Å²) < 4.78 is 11.3. The van der Waals surface area contributed by atoms with E-state index in [0.29, 0.717) is 6.04 Å². The molecule has 2 atom stereocenters. The zero-order chi connectivity index (χ0) is 9.26. The molecule has 2 heterocycles. The Labute approximate surface area is 84.8 Å². The van der Waals surface area contributed by atoms with E-state index in [9.17, 15) is 4.21 Å². The average Bonchev–Trinajstić information content (AvgIpc) is 2.52. The predicted molar refractivity (Wildman–Crippen MR) is 57.7 cm³/mol. The lowest BCUT2D eigenvalue weighted by Gasteiger charge is -2.21. The van der Waals surface area contributed by atoms with E-state index in [-0.39, 0.29) is 0 Å². The zero-order valence-electron chi connectivity index (χ0n) is 7.58. The standard InChI is InChI=1S/C9H13NOS2/c1-7-2-3-9(12-7)8-6-13(11)5-4-10-8/h2-3,8,10H,4-6H2,1H3. The van der Waals surface area contributed by atoms with E-state index in [1.807, 2.05) is 0 Å². The molecule has 72 valence electrons. The Kier molecular flexibility index (Phi) is 2.81. The number of hydrogen-bond donors (Lipinski definition) is 1. The van der Waals surface area contributed by atoms with Crippen molar-refractivity contribution < 1.29 is 4.21 Å². The van der Waals surface area contributed by atoms with Crippen LogP contribution in [-0.4, -0.2) is 22.3 Å². The Balaban J connectivity index is 2.12. The van der Waals surface area contributed by atoms with Gasteiger partial charge in [0.05, 0.1) is 6.04 Å². The largest absolute Gasteiger partial charge is 0.308 e. The Hall–Kier alpha value is -0.190. The molecule has 1 N–H and O–H groups in total. The maximum Gasteiger partial charge on any atom is 0.0532 e. The lowest BCUT2D eigenvalue weighted by atomic mass is 10.2. The van der Waals surface area contributed by atoms with Gasteiger partial charge >= 0.3 is 0 Å². The molecule has 1 aromatic heterocycles. The molecule has 1 aromatic rings. The molecule has 0 saturated carbocycles. The first-order chi connectivity index (χ1) is 6.25. The maximum atomic E-state index is 11.3. The number of hydrogen-bond acceptors (Lipinski definition) is 3. The first-order valence-corrected chi connectivity index (χ1v) is 6.71. The summed E-state index contributed by atoms with van der Waals surface area (Å²) in [5.41, 5.74) is 0. The third-order valence-corrected chi connectivity index (χ3v) is 4.66. The monoisotopic (exact) mass is 215 g/mol. The molecule has 0 spiro atoms. The van der Waals surface area contributed by atoms with Gasteiger partial charge in [-0.3, -0.25) is 4.21 Å². The van der Waals surface area contributed by atoms with Crippen LogP contribution in [0.4, 0.5) is 0 Å². The van der Waals surface area contributed by atoms with E-state index in [1.165, 1.54) is 9.75 Å². The predicted octanol–water partition coefficient (Wildman–Crippen LogP) is 1.45. The molecule has 2 unspecified atom stereocenters. The lowest BCUT2D eigenvalue weighted by Crippen LogP contribution is -2.35. The van der Waals surface area contributed by atoms with E-state index in [1.54, 1.807) is 11.3 Å². The molecule has 13 heavy (non-hydrogen) atoms. The molecular weight excluding hydrogens is 202 g/mol. The van der Waals surface area contributed by atoms with Crippen molar-refractivity contribution in [1.29, 1.82) is 0 Å². The molecule has 0 amide bonds. The summed E-state index contributed by atoms with van der Waals surface area (Å²) in [6.07, 6.45) is 0. The van der Waals surface area contributed by atoms with E-state index in [0.717, 1.165) is 18.1 Å². The van der Waals surface area contributed by atoms with Crippen molar-refractivity contribution in [2.45, 2.75) is 13.0 Å². The molecule has 0 radical (unpaired) electrons. The zero-order valence-corrected chi connectivity index (χ0v) is 9.21. The average molecular weight is 215 g/mol. The molecule has 0 aromatic carbocycles.